The van der Waals surface area contributed by atoms with Crippen LogP contribution in [0.25, 0.3) is 0 Å². The quantitative estimate of drug-likeness (QED) is 0.569. The molecule has 1 aliphatic rings. The van der Waals surface area contributed by atoms with Crippen molar-refractivity contribution in [3.63, 3.8) is 0 Å². The van der Waals surface area contributed by atoms with Gasteiger partial charge in [0, 0.05) is 0 Å². The van der Waals surface area contributed by atoms with Crippen LogP contribution in [0.15, 0.2) is 0 Å². The standard InChI is InChI=1S/C8H16.C3H6OP2.C2H6/c1-7-3-5-8(2)6-4-7;1-3(5-2)6-4;1-2/h7-8H,3-6H2,1-2H3;3H,2H2,1H3;1-2H3. The molecule has 1 aliphatic carbocycles. The van der Waals surface area contributed by atoms with Gasteiger partial charge in [-0.2, -0.15) is 0 Å². The predicted molar refractivity (Wildman–Crippen MR) is 79.3 cm³/mol. The molecule has 1 atom stereocenters. The van der Waals surface area contributed by atoms with Crippen molar-refractivity contribution in [2.45, 2.75) is 65.7 Å². The largest absolute Gasteiger partial charge is 0.274 e. The Morgan fingerprint density at radius 2 is 1.38 bits per heavy atom. The molecule has 0 saturated heterocycles. The highest BCUT2D eigenvalue weighted by molar-refractivity contribution is 7.50. The van der Waals surface area contributed by atoms with E-state index in [0.29, 0.717) is 0 Å². The van der Waals surface area contributed by atoms with Crippen LogP contribution in [0.2, 0.25) is 0 Å². The molecule has 0 bridgehead atoms. The number of hydrogen-bond acceptors (Lipinski definition) is 1. The second-order valence-corrected chi connectivity index (χ2v) is 6.82. The molecule has 1 nitrogen and oxygen atoms in total. The Bertz CT molecular complexity index is 145. The van der Waals surface area contributed by atoms with E-state index in [4.69, 9.17) is 0 Å². The fourth-order valence-electron chi connectivity index (χ4n) is 1.46. The summed E-state index contributed by atoms with van der Waals surface area (Å²) in [5.74, 6) is 2.04. The van der Waals surface area contributed by atoms with Gasteiger partial charge in [-0.25, -0.2) is 0 Å². The molecule has 3 heteroatoms. The third kappa shape index (κ3) is 12.3. The van der Waals surface area contributed by atoms with E-state index < -0.39 is 0 Å². The van der Waals surface area contributed by atoms with Gasteiger partial charge in [-0.1, -0.05) is 67.9 Å². The highest BCUT2D eigenvalue weighted by Gasteiger charge is 2.13. The first kappa shape index (κ1) is 18.6. The Hall–Kier alpha value is 0.270. The molecule has 1 fully saturated rings. The zero-order valence-electron chi connectivity index (χ0n) is 11.6. The Labute approximate surface area is 105 Å². The van der Waals surface area contributed by atoms with E-state index in [1.165, 1.54) is 25.7 Å². The minimum absolute atomic E-state index is 0.203. The number of hydrogen-bond donors (Lipinski definition) is 0. The highest BCUT2D eigenvalue weighted by atomic mass is 31.1. The fourth-order valence-corrected chi connectivity index (χ4v) is 1.73. The van der Waals surface area contributed by atoms with Crippen LogP contribution in [0.3, 0.4) is 0 Å². The van der Waals surface area contributed by atoms with Crippen LogP contribution < -0.4 is 0 Å². The van der Waals surface area contributed by atoms with Crippen molar-refractivity contribution in [3.05, 3.63) is 0 Å². The van der Waals surface area contributed by atoms with E-state index in [9.17, 15) is 4.57 Å². The summed E-state index contributed by atoms with van der Waals surface area (Å²) in [5, 5.41) is 0.213. The summed E-state index contributed by atoms with van der Waals surface area (Å²) < 4.78 is 9.79. The molecule has 0 amide bonds. The maximum Gasteiger partial charge on any atom is 0.167 e. The second kappa shape index (κ2) is 13.3. The van der Waals surface area contributed by atoms with Gasteiger partial charge in [0.25, 0.3) is 0 Å². The lowest BCUT2D eigenvalue weighted by Crippen LogP contribution is -2.08. The van der Waals surface area contributed by atoms with Crippen molar-refractivity contribution >= 4 is 23.0 Å². The Kier molecular flexibility index (Phi) is 15.5. The van der Waals surface area contributed by atoms with Gasteiger partial charge in [-0.05, 0) is 18.8 Å². The van der Waals surface area contributed by atoms with Crippen LogP contribution in [-0.2, 0) is 4.57 Å². The monoisotopic (exact) mass is 262 g/mol. The van der Waals surface area contributed by atoms with Gasteiger partial charge in [0.15, 0.2) is 8.46 Å². The normalized spacial score (nSPS) is 26.1. The fraction of sp³-hybridized carbons (Fsp3) is 0.923. The lowest BCUT2D eigenvalue weighted by Gasteiger charge is -2.22. The summed E-state index contributed by atoms with van der Waals surface area (Å²) in [7, 11) is 1.16. The highest BCUT2D eigenvalue weighted by Crippen LogP contribution is 2.27. The maximum absolute atomic E-state index is 9.79. The van der Waals surface area contributed by atoms with Crippen molar-refractivity contribution in [3.8, 4) is 0 Å². The Morgan fingerprint density at radius 1 is 1.06 bits per heavy atom. The predicted octanol–water partition coefficient (Wildman–Crippen LogP) is 5.86. The molecule has 96 valence electrons. The third-order valence-electron chi connectivity index (χ3n) is 2.72. The molecule has 0 aromatic rings. The summed E-state index contributed by atoms with van der Waals surface area (Å²) in [6.45, 7) is 10.6. The van der Waals surface area contributed by atoms with Crippen LogP contribution in [-0.4, -0.2) is 11.7 Å². The van der Waals surface area contributed by atoms with Crippen molar-refractivity contribution in [2.75, 3.05) is 0 Å². The molecule has 0 radical (unpaired) electrons. The maximum atomic E-state index is 9.79. The lowest BCUT2D eigenvalue weighted by atomic mass is 9.84. The van der Waals surface area contributed by atoms with Gasteiger partial charge >= 0.3 is 0 Å². The Balaban J connectivity index is 0. The number of rotatable bonds is 2. The lowest BCUT2D eigenvalue weighted by molar-refractivity contribution is 0.308. The molecule has 0 spiro atoms. The molecule has 0 aromatic carbocycles. The van der Waals surface area contributed by atoms with Gasteiger partial charge in [0.2, 0.25) is 0 Å². The van der Waals surface area contributed by atoms with Crippen molar-refractivity contribution < 1.29 is 4.57 Å². The van der Waals surface area contributed by atoms with Crippen LogP contribution >= 0.6 is 16.7 Å². The van der Waals surface area contributed by atoms with Gasteiger partial charge in [0.1, 0.15) is 0 Å². The van der Waals surface area contributed by atoms with Crippen LogP contribution in [0.1, 0.15) is 60.3 Å². The van der Waals surface area contributed by atoms with Crippen LogP contribution in [0.4, 0.5) is 0 Å². The van der Waals surface area contributed by atoms with E-state index >= 15 is 0 Å². The molecular formula is C13H28OP2. The minimum atomic E-state index is 0.203. The summed E-state index contributed by atoms with van der Waals surface area (Å²) in [6.07, 6.45) is 9.42. The molecule has 0 N–H and O–H groups in total. The van der Waals surface area contributed by atoms with E-state index in [1.807, 2.05) is 20.8 Å². The summed E-state index contributed by atoms with van der Waals surface area (Å²) >= 11 is 0. The van der Waals surface area contributed by atoms with E-state index in [2.05, 4.69) is 20.1 Å². The molecule has 0 heterocycles. The first-order chi connectivity index (χ1) is 7.60. The summed E-state index contributed by atoms with van der Waals surface area (Å²) in [4.78, 5) is 0. The van der Waals surface area contributed by atoms with Gasteiger partial charge < -0.3 is 0 Å². The molecular weight excluding hydrogens is 234 g/mol. The summed E-state index contributed by atoms with van der Waals surface area (Å²) in [5.41, 5.74) is 0. The van der Waals surface area contributed by atoms with E-state index in [1.54, 1.807) is 0 Å². The van der Waals surface area contributed by atoms with Gasteiger partial charge in [-0.3, -0.25) is 4.57 Å². The average Bonchev–Trinajstić information content (AvgIpc) is 2.35. The van der Waals surface area contributed by atoms with Gasteiger partial charge in [-0.15, -0.1) is 0 Å². The third-order valence-corrected chi connectivity index (χ3v) is 4.33. The molecule has 1 unspecified atom stereocenters. The summed E-state index contributed by atoms with van der Waals surface area (Å²) in [6, 6.07) is 0. The second-order valence-electron chi connectivity index (χ2n) is 4.28. The topological polar surface area (TPSA) is 17.1 Å². The zero-order valence-corrected chi connectivity index (χ0v) is 13.4. The minimum Gasteiger partial charge on any atom is -0.274 e. The molecule has 1 rings (SSSR count). The van der Waals surface area contributed by atoms with Crippen LogP contribution in [0.5, 0.6) is 0 Å². The molecule has 1 saturated carbocycles. The average molecular weight is 262 g/mol. The smallest absolute Gasteiger partial charge is 0.167 e. The zero-order chi connectivity index (χ0) is 13.0. The molecule has 16 heavy (non-hydrogen) atoms. The van der Waals surface area contributed by atoms with E-state index in [-0.39, 0.29) is 13.9 Å². The van der Waals surface area contributed by atoms with Crippen molar-refractivity contribution in [1.29, 1.82) is 0 Å². The first-order valence-electron chi connectivity index (χ1n) is 6.38. The van der Waals surface area contributed by atoms with Crippen molar-refractivity contribution in [2.24, 2.45) is 11.8 Å². The first-order valence-corrected chi connectivity index (χ1v) is 8.41. The van der Waals surface area contributed by atoms with E-state index in [0.717, 1.165) is 20.0 Å². The van der Waals surface area contributed by atoms with Crippen LogP contribution in [0, 0.1) is 11.8 Å². The molecule has 0 aromatic heterocycles. The SMILES string of the molecule is C=PC(C)P=O.CC.CC1CCC(C)CC1. The van der Waals surface area contributed by atoms with Crippen molar-refractivity contribution in [1.82, 2.24) is 0 Å². The van der Waals surface area contributed by atoms with Gasteiger partial charge in [0.05, 0.1) is 5.40 Å². The molecule has 0 aliphatic heterocycles. The Morgan fingerprint density at radius 3 is 1.50 bits per heavy atom.